The molecule has 0 bridgehead atoms. The predicted octanol–water partition coefficient (Wildman–Crippen LogP) is 3.53. The van der Waals surface area contributed by atoms with E-state index < -0.39 is 17.9 Å². The number of halogens is 1. The molecule has 10 heteroatoms. The minimum absolute atomic E-state index is 0.113. The third-order valence-corrected chi connectivity index (χ3v) is 5.75. The second kappa shape index (κ2) is 8.75. The van der Waals surface area contributed by atoms with Gasteiger partial charge in [-0.2, -0.15) is 5.10 Å². The van der Waals surface area contributed by atoms with Crippen molar-refractivity contribution < 1.29 is 14.3 Å². The molecule has 3 aromatic rings. The number of aromatic nitrogens is 1. The lowest BCUT2D eigenvalue weighted by Crippen LogP contribution is -2.39. The van der Waals surface area contributed by atoms with Gasteiger partial charge >= 0.3 is 0 Å². The molecule has 2 aromatic carbocycles. The number of carbonyl (C=O) groups excluding carboxylic acids is 2. The smallest absolute Gasteiger partial charge is 0.273 e. The van der Waals surface area contributed by atoms with E-state index in [2.05, 4.69) is 15.4 Å². The zero-order valence-corrected chi connectivity index (χ0v) is 18.0. The number of methoxy groups -OCH3 is 1. The molecule has 4 rings (SSSR count). The number of thiazole rings is 1. The van der Waals surface area contributed by atoms with Gasteiger partial charge in [0.05, 0.1) is 23.5 Å². The van der Waals surface area contributed by atoms with Gasteiger partial charge in [0.1, 0.15) is 17.5 Å². The Morgan fingerprint density at radius 2 is 2.03 bits per heavy atom. The van der Waals surface area contributed by atoms with Crippen molar-refractivity contribution in [3.05, 3.63) is 58.9 Å². The lowest BCUT2D eigenvalue weighted by molar-refractivity contribution is -0.119. The van der Waals surface area contributed by atoms with Crippen molar-refractivity contribution in [3.8, 4) is 17.0 Å². The minimum Gasteiger partial charge on any atom is -0.495 e. The number of hydrogen-bond acceptors (Lipinski definition) is 7. The number of anilines is 2. The number of nitrogens with zero attached hydrogens (tertiary/aromatic N) is 3. The topological polar surface area (TPSA) is 110 Å². The van der Waals surface area contributed by atoms with Gasteiger partial charge in [0.15, 0.2) is 5.13 Å². The van der Waals surface area contributed by atoms with Gasteiger partial charge in [-0.05, 0) is 30.3 Å². The number of carbonyl (C=O) groups is 2. The van der Waals surface area contributed by atoms with Gasteiger partial charge in [-0.25, -0.2) is 4.98 Å². The third kappa shape index (κ3) is 4.37. The molecule has 0 spiro atoms. The number of ether oxygens (including phenoxy) is 1. The Morgan fingerprint density at radius 1 is 1.26 bits per heavy atom. The lowest BCUT2D eigenvalue weighted by Gasteiger charge is -2.20. The maximum Gasteiger partial charge on any atom is 0.273 e. The standard InChI is InChI=1S/C21H18ClN5O3S/c1-30-18-8-7-12(9-14(18)22)16-11-31-21(24-16)25-20(29)15-10-17(19(23)28)27(26-15)13-5-3-2-4-6-13/h2-9,11,17H,10H2,1H3,(H2,23,28)(H,24,25,29). The van der Waals surface area contributed by atoms with Crippen LogP contribution >= 0.6 is 22.9 Å². The average Bonchev–Trinajstić information content (AvgIpc) is 3.42. The summed E-state index contributed by atoms with van der Waals surface area (Å²) in [6.45, 7) is 0. The van der Waals surface area contributed by atoms with Crippen LogP contribution in [0.1, 0.15) is 6.42 Å². The van der Waals surface area contributed by atoms with Crippen LogP contribution in [0.5, 0.6) is 5.75 Å². The highest BCUT2D eigenvalue weighted by molar-refractivity contribution is 7.14. The fraction of sp³-hybridized carbons (Fsp3) is 0.143. The maximum atomic E-state index is 12.8. The van der Waals surface area contributed by atoms with Crippen LogP contribution in [0.25, 0.3) is 11.3 Å². The summed E-state index contributed by atoms with van der Waals surface area (Å²) in [4.78, 5) is 29.1. The number of primary amides is 1. The molecule has 158 valence electrons. The van der Waals surface area contributed by atoms with Crippen molar-refractivity contribution in [3.63, 3.8) is 0 Å². The Balaban J connectivity index is 1.51. The van der Waals surface area contributed by atoms with Crippen LogP contribution in [0.3, 0.4) is 0 Å². The van der Waals surface area contributed by atoms with E-state index in [4.69, 9.17) is 22.1 Å². The molecule has 1 unspecified atom stereocenters. The largest absolute Gasteiger partial charge is 0.495 e. The first-order valence-corrected chi connectivity index (χ1v) is 10.5. The molecular formula is C21H18ClN5O3S. The molecule has 0 aliphatic carbocycles. The molecule has 2 amide bonds. The molecule has 1 aliphatic rings. The molecule has 1 aromatic heterocycles. The Kier molecular flexibility index (Phi) is 5.88. The van der Waals surface area contributed by atoms with Crippen molar-refractivity contribution in [1.82, 2.24) is 4.98 Å². The summed E-state index contributed by atoms with van der Waals surface area (Å²) in [5, 5.41) is 11.2. The molecule has 0 fully saturated rings. The van der Waals surface area contributed by atoms with Gasteiger partial charge in [-0.15, -0.1) is 11.3 Å². The van der Waals surface area contributed by atoms with Gasteiger partial charge in [0, 0.05) is 17.4 Å². The summed E-state index contributed by atoms with van der Waals surface area (Å²) in [5.74, 6) is -0.415. The van der Waals surface area contributed by atoms with Crippen LogP contribution in [0.15, 0.2) is 59.0 Å². The fourth-order valence-corrected chi connectivity index (χ4v) is 4.12. The van der Waals surface area contributed by atoms with Crippen LogP contribution in [0.2, 0.25) is 5.02 Å². The van der Waals surface area contributed by atoms with Crippen LogP contribution < -0.4 is 20.8 Å². The van der Waals surface area contributed by atoms with Gasteiger partial charge in [0.25, 0.3) is 5.91 Å². The van der Waals surface area contributed by atoms with E-state index in [0.717, 1.165) is 5.56 Å². The maximum absolute atomic E-state index is 12.8. The molecule has 2 heterocycles. The summed E-state index contributed by atoms with van der Waals surface area (Å²) < 4.78 is 5.16. The number of benzene rings is 2. The molecule has 1 aliphatic heterocycles. The van der Waals surface area contributed by atoms with Gasteiger partial charge < -0.3 is 10.5 Å². The number of amides is 2. The average molecular weight is 456 g/mol. The van der Waals surface area contributed by atoms with E-state index in [1.807, 2.05) is 29.6 Å². The van der Waals surface area contributed by atoms with E-state index in [1.165, 1.54) is 16.3 Å². The molecule has 1 atom stereocenters. The fourth-order valence-electron chi connectivity index (χ4n) is 3.15. The molecular weight excluding hydrogens is 438 g/mol. The van der Waals surface area contributed by atoms with Gasteiger partial charge in [-0.1, -0.05) is 29.8 Å². The summed E-state index contributed by atoms with van der Waals surface area (Å²) in [6.07, 6.45) is 0.113. The Morgan fingerprint density at radius 3 is 2.71 bits per heavy atom. The second-order valence-electron chi connectivity index (χ2n) is 6.69. The zero-order chi connectivity index (χ0) is 22.0. The van der Waals surface area contributed by atoms with Crippen LogP contribution in [0.4, 0.5) is 10.8 Å². The first-order valence-electron chi connectivity index (χ1n) is 9.28. The highest BCUT2D eigenvalue weighted by Crippen LogP contribution is 2.32. The predicted molar refractivity (Wildman–Crippen MR) is 122 cm³/mol. The molecule has 0 saturated heterocycles. The minimum atomic E-state index is -0.726. The normalized spacial score (nSPS) is 15.5. The van der Waals surface area contributed by atoms with E-state index in [0.29, 0.717) is 27.3 Å². The molecule has 0 saturated carbocycles. The second-order valence-corrected chi connectivity index (χ2v) is 7.96. The van der Waals surface area contributed by atoms with Crippen molar-refractivity contribution >= 4 is 51.3 Å². The third-order valence-electron chi connectivity index (χ3n) is 4.69. The number of hydrazone groups is 1. The molecule has 3 N–H and O–H groups in total. The Hall–Kier alpha value is -3.43. The van der Waals surface area contributed by atoms with Crippen molar-refractivity contribution in [1.29, 1.82) is 0 Å². The number of para-hydroxylation sites is 1. The first kappa shape index (κ1) is 20.8. The van der Waals surface area contributed by atoms with E-state index >= 15 is 0 Å². The summed E-state index contributed by atoms with van der Waals surface area (Å²) in [5.41, 5.74) is 7.88. The monoisotopic (exact) mass is 455 g/mol. The molecule has 8 nitrogen and oxygen atoms in total. The highest BCUT2D eigenvalue weighted by atomic mass is 35.5. The Labute approximate surface area is 187 Å². The number of hydrogen-bond donors (Lipinski definition) is 2. The van der Waals surface area contributed by atoms with Crippen molar-refractivity contribution in [2.24, 2.45) is 10.8 Å². The van der Waals surface area contributed by atoms with Crippen molar-refractivity contribution in [2.75, 3.05) is 17.4 Å². The molecule has 31 heavy (non-hydrogen) atoms. The van der Waals surface area contributed by atoms with E-state index in [-0.39, 0.29) is 12.1 Å². The number of rotatable bonds is 6. The van der Waals surface area contributed by atoms with Crippen LogP contribution in [0, 0.1) is 0 Å². The van der Waals surface area contributed by atoms with Crippen LogP contribution in [-0.4, -0.2) is 35.7 Å². The van der Waals surface area contributed by atoms with Gasteiger partial charge in [0.2, 0.25) is 5.91 Å². The van der Waals surface area contributed by atoms with Crippen molar-refractivity contribution in [2.45, 2.75) is 12.5 Å². The number of nitrogens with two attached hydrogens (primary N) is 1. The molecule has 0 radical (unpaired) electrons. The van der Waals surface area contributed by atoms with Crippen LogP contribution in [-0.2, 0) is 9.59 Å². The van der Waals surface area contributed by atoms with E-state index in [9.17, 15) is 9.59 Å². The SMILES string of the molecule is COc1ccc(-c2csc(NC(=O)C3=NN(c4ccccc4)C(C(N)=O)C3)n2)cc1Cl. The zero-order valence-electron chi connectivity index (χ0n) is 16.4. The summed E-state index contributed by atoms with van der Waals surface area (Å²) in [6, 6.07) is 13.7. The van der Waals surface area contributed by atoms with Gasteiger partial charge in [-0.3, -0.25) is 19.9 Å². The van der Waals surface area contributed by atoms with E-state index in [1.54, 1.807) is 31.4 Å². The first-order chi connectivity index (χ1) is 15.0. The number of nitrogens with one attached hydrogen (secondary N) is 1. The summed E-state index contributed by atoms with van der Waals surface area (Å²) >= 11 is 7.46. The quantitative estimate of drug-likeness (QED) is 0.590. The lowest BCUT2D eigenvalue weighted by atomic mass is 10.1. The Bertz CT molecular complexity index is 1160. The highest BCUT2D eigenvalue weighted by Gasteiger charge is 2.35. The summed E-state index contributed by atoms with van der Waals surface area (Å²) in [7, 11) is 1.55.